The zero-order chi connectivity index (χ0) is 26.9. The van der Waals surface area contributed by atoms with Crippen molar-refractivity contribution in [3.05, 3.63) is 69.8 Å². The molecule has 0 unspecified atom stereocenters. The van der Waals surface area contributed by atoms with Crippen LogP contribution in [0.5, 0.6) is 0 Å². The zero-order valence-corrected chi connectivity index (χ0v) is 22.7. The first-order chi connectivity index (χ1) is 18.2. The van der Waals surface area contributed by atoms with Gasteiger partial charge in [-0.15, -0.1) is 0 Å². The van der Waals surface area contributed by atoms with Crippen LogP contribution in [0.2, 0.25) is 0 Å². The average Bonchev–Trinajstić information content (AvgIpc) is 3.04. The van der Waals surface area contributed by atoms with Crippen LogP contribution in [0, 0.1) is 23.1 Å². The highest BCUT2D eigenvalue weighted by atomic mass is 19.1. The number of carbonyl (C=O) groups is 1. The molecule has 1 aliphatic heterocycles. The van der Waals surface area contributed by atoms with Crippen molar-refractivity contribution in [2.75, 3.05) is 26.3 Å². The quantitative estimate of drug-likeness (QED) is 0.402. The van der Waals surface area contributed by atoms with E-state index in [2.05, 4.69) is 18.7 Å². The summed E-state index contributed by atoms with van der Waals surface area (Å²) in [6.45, 7) is 7.02. The smallest absolute Gasteiger partial charge is 0.335 e. The highest BCUT2D eigenvalue weighted by molar-refractivity contribution is 5.90. The van der Waals surface area contributed by atoms with Crippen molar-refractivity contribution < 1.29 is 18.7 Å². The van der Waals surface area contributed by atoms with Gasteiger partial charge in [0.15, 0.2) is 0 Å². The molecule has 2 fully saturated rings. The summed E-state index contributed by atoms with van der Waals surface area (Å²) < 4.78 is 28.3. The molecule has 5 rings (SSSR count). The molecule has 0 amide bonds. The van der Waals surface area contributed by atoms with Crippen LogP contribution >= 0.6 is 0 Å². The Kier molecular flexibility index (Phi) is 7.99. The molecule has 4 nitrogen and oxygen atoms in total. The van der Waals surface area contributed by atoms with Crippen LogP contribution in [0.15, 0.2) is 36.0 Å². The Bertz CT molecular complexity index is 1210. The molecule has 1 saturated heterocycles. The maximum absolute atomic E-state index is 15.9. The van der Waals surface area contributed by atoms with E-state index >= 15 is 4.39 Å². The van der Waals surface area contributed by atoms with Gasteiger partial charge in [-0.1, -0.05) is 25.5 Å². The molecule has 6 heteroatoms. The fourth-order valence-electron chi connectivity index (χ4n) is 6.76. The maximum atomic E-state index is 15.9. The number of fused-ring (bicyclic) bond motifs is 1. The van der Waals surface area contributed by atoms with Crippen molar-refractivity contribution in [2.45, 2.75) is 71.6 Å². The lowest BCUT2D eigenvalue weighted by Gasteiger charge is -2.39. The van der Waals surface area contributed by atoms with E-state index in [1.807, 2.05) is 12.3 Å². The first-order valence-corrected chi connectivity index (χ1v) is 14.3. The van der Waals surface area contributed by atoms with Crippen LogP contribution in [-0.2, 0) is 12.8 Å². The SMILES string of the molecule is CC1(C)CCC(C2=C(c3ncc(CC4CN(CCCF)C4)cc3F)c3ccc(C(=O)O)cc3CCC2)CC1. The van der Waals surface area contributed by atoms with Gasteiger partial charge in [-0.25, -0.2) is 9.18 Å². The predicted molar refractivity (Wildman–Crippen MR) is 147 cm³/mol. The lowest BCUT2D eigenvalue weighted by Crippen LogP contribution is -2.47. The molecule has 0 atom stereocenters. The fraction of sp³-hybridized carbons (Fsp3) is 0.562. The third-order valence-electron chi connectivity index (χ3n) is 8.97. The minimum absolute atomic E-state index is 0.274. The molecule has 0 bridgehead atoms. The summed E-state index contributed by atoms with van der Waals surface area (Å²) in [5.74, 6) is -0.385. The molecule has 1 N–H and O–H groups in total. The molecular weight excluding hydrogens is 482 g/mol. The van der Waals surface area contributed by atoms with Gasteiger partial charge in [0.25, 0.3) is 0 Å². The Balaban J connectivity index is 1.48. The van der Waals surface area contributed by atoms with E-state index in [1.165, 1.54) is 5.57 Å². The molecule has 2 aromatic rings. The molecule has 0 radical (unpaired) electrons. The number of carboxylic acids is 1. The Morgan fingerprint density at radius 3 is 2.61 bits per heavy atom. The second-order valence-corrected chi connectivity index (χ2v) is 12.4. The number of hydrogen-bond acceptors (Lipinski definition) is 3. The highest BCUT2D eigenvalue weighted by Crippen LogP contribution is 2.46. The lowest BCUT2D eigenvalue weighted by atomic mass is 9.69. The number of benzene rings is 1. The summed E-state index contributed by atoms with van der Waals surface area (Å²) in [5.41, 5.74) is 6.01. The molecule has 1 saturated carbocycles. The minimum Gasteiger partial charge on any atom is -0.478 e. The summed E-state index contributed by atoms with van der Waals surface area (Å²) in [6, 6.07) is 6.94. The summed E-state index contributed by atoms with van der Waals surface area (Å²) in [5, 5.41) is 9.57. The summed E-state index contributed by atoms with van der Waals surface area (Å²) >= 11 is 0. The number of aromatic nitrogens is 1. The molecule has 1 aromatic heterocycles. The number of hydrogen-bond donors (Lipinski definition) is 1. The summed E-state index contributed by atoms with van der Waals surface area (Å²) in [4.78, 5) is 18.7. The number of aryl methyl sites for hydroxylation is 1. The molecule has 2 aliphatic carbocycles. The third kappa shape index (κ3) is 5.85. The highest BCUT2D eigenvalue weighted by Gasteiger charge is 2.33. The van der Waals surface area contributed by atoms with Gasteiger partial charge in [0.1, 0.15) is 11.5 Å². The van der Waals surface area contributed by atoms with E-state index in [4.69, 9.17) is 4.98 Å². The van der Waals surface area contributed by atoms with E-state index in [-0.39, 0.29) is 18.1 Å². The van der Waals surface area contributed by atoms with Crippen LogP contribution < -0.4 is 0 Å². The average molecular weight is 523 g/mol. The van der Waals surface area contributed by atoms with Gasteiger partial charge < -0.3 is 10.0 Å². The standard InChI is InChI=1S/C32H40F2N2O2/c1-32(2)11-9-23(10-12-32)26-6-3-5-24-17-25(31(37)38)7-8-27(24)29(26)30-28(34)16-21(18-35-30)15-22-19-36(20-22)14-4-13-33/h7-8,16-18,22-23H,3-6,9-15,19-20H2,1-2H3,(H,37,38). The fourth-order valence-corrected chi connectivity index (χ4v) is 6.76. The summed E-state index contributed by atoms with van der Waals surface area (Å²) in [7, 11) is 0. The first kappa shape index (κ1) is 27.0. The number of nitrogens with zero attached hydrogens (tertiary/aromatic N) is 2. The molecule has 0 spiro atoms. The van der Waals surface area contributed by atoms with Gasteiger partial charge in [0.2, 0.25) is 0 Å². The van der Waals surface area contributed by atoms with E-state index in [0.29, 0.717) is 29.4 Å². The van der Waals surface area contributed by atoms with E-state index in [0.717, 1.165) is 93.3 Å². The number of likely N-dealkylation sites (tertiary alicyclic amines) is 1. The number of pyridine rings is 1. The Morgan fingerprint density at radius 2 is 1.92 bits per heavy atom. The van der Waals surface area contributed by atoms with Crippen molar-refractivity contribution in [2.24, 2.45) is 17.3 Å². The number of aromatic carboxylic acids is 1. The molecule has 2 heterocycles. The van der Waals surface area contributed by atoms with E-state index in [9.17, 15) is 14.3 Å². The van der Waals surface area contributed by atoms with Crippen LogP contribution in [-0.4, -0.2) is 47.3 Å². The topological polar surface area (TPSA) is 53.4 Å². The van der Waals surface area contributed by atoms with Crippen molar-refractivity contribution in [3.8, 4) is 0 Å². The number of rotatable bonds is 8. The minimum atomic E-state index is -0.940. The Morgan fingerprint density at radius 1 is 1.16 bits per heavy atom. The van der Waals surface area contributed by atoms with Crippen molar-refractivity contribution in [3.63, 3.8) is 0 Å². The molecule has 204 valence electrons. The van der Waals surface area contributed by atoms with Crippen LogP contribution in [0.1, 0.15) is 91.5 Å². The lowest BCUT2D eigenvalue weighted by molar-refractivity contribution is 0.0696. The number of carboxylic acid groups (broad SMARTS) is 1. The Labute approximate surface area is 225 Å². The van der Waals surface area contributed by atoms with Crippen molar-refractivity contribution in [1.29, 1.82) is 0 Å². The number of alkyl halides is 1. The maximum Gasteiger partial charge on any atom is 0.335 e. The number of allylic oxidation sites excluding steroid dienone is 1. The third-order valence-corrected chi connectivity index (χ3v) is 8.97. The Hall–Kier alpha value is -2.60. The van der Waals surface area contributed by atoms with Crippen LogP contribution in [0.25, 0.3) is 5.57 Å². The molecule has 38 heavy (non-hydrogen) atoms. The zero-order valence-electron chi connectivity index (χ0n) is 22.7. The van der Waals surface area contributed by atoms with Crippen molar-refractivity contribution >= 4 is 11.5 Å². The van der Waals surface area contributed by atoms with Crippen LogP contribution in [0.3, 0.4) is 0 Å². The van der Waals surface area contributed by atoms with Crippen LogP contribution in [0.4, 0.5) is 8.78 Å². The van der Waals surface area contributed by atoms with Gasteiger partial charge in [-0.2, -0.15) is 0 Å². The van der Waals surface area contributed by atoms with Gasteiger partial charge >= 0.3 is 5.97 Å². The first-order valence-electron chi connectivity index (χ1n) is 14.3. The second kappa shape index (κ2) is 11.3. The van der Waals surface area contributed by atoms with E-state index in [1.54, 1.807) is 18.2 Å². The molecular formula is C32H40F2N2O2. The predicted octanol–water partition coefficient (Wildman–Crippen LogP) is 7.11. The number of halogens is 2. The normalized spacial score (nSPS) is 20.6. The van der Waals surface area contributed by atoms with Gasteiger partial charge in [-0.05, 0) is 110 Å². The second-order valence-electron chi connectivity index (χ2n) is 12.4. The van der Waals surface area contributed by atoms with E-state index < -0.39 is 5.97 Å². The van der Waals surface area contributed by atoms with Gasteiger partial charge in [-0.3, -0.25) is 9.37 Å². The molecule has 1 aromatic carbocycles. The van der Waals surface area contributed by atoms with Gasteiger partial charge in [0, 0.05) is 31.4 Å². The molecule has 3 aliphatic rings. The summed E-state index contributed by atoms with van der Waals surface area (Å²) in [6.07, 6.45) is 10.3. The monoisotopic (exact) mass is 522 g/mol. The van der Waals surface area contributed by atoms with Gasteiger partial charge in [0.05, 0.1) is 12.2 Å². The van der Waals surface area contributed by atoms with Crippen molar-refractivity contribution in [1.82, 2.24) is 9.88 Å². The largest absolute Gasteiger partial charge is 0.478 e.